The number of morpholine rings is 1. The van der Waals surface area contributed by atoms with E-state index in [1.807, 2.05) is 13.8 Å². The fourth-order valence-electron chi connectivity index (χ4n) is 2.73. The number of rotatable bonds is 4. The molecule has 1 fully saturated rings. The maximum absolute atomic E-state index is 10.9. The van der Waals surface area contributed by atoms with Gasteiger partial charge in [0.25, 0.3) is 5.69 Å². The molecule has 1 saturated heterocycles. The van der Waals surface area contributed by atoms with Gasteiger partial charge in [0, 0.05) is 32.3 Å². The third kappa shape index (κ3) is 3.64. The van der Waals surface area contributed by atoms with Crippen molar-refractivity contribution in [3.63, 3.8) is 0 Å². The van der Waals surface area contributed by atoms with E-state index in [0.717, 1.165) is 11.3 Å². The molecule has 2 rings (SSSR count). The standard InChI is InChI=1S/C14H19ClN2O4/c1-9-4-11(17(18)19)5-13(15)14(9)16-6-10(2)21-12(7-16)8-20-3/h4-5,10,12H,6-8H2,1-3H3. The predicted octanol–water partition coefficient (Wildman–Crippen LogP) is 2.80. The summed E-state index contributed by atoms with van der Waals surface area (Å²) >= 11 is 6.27. The maximum atomic E-state index is 10.9. The number of nitro benzene ring substituents is 1. The minimum atomic E-state index is -0.432. The zero-order valence-electron chi connectivity index (χ0n) is 12.3. The zero-order valence-corrected chi connectivity index (χ0v) is 13.1. The number of nitro groups is 1. The van der Waals surface area contributed by atoms with E-state index in [1.165, 1.54) is 6.07 Å². The molecule has 21 heavy (non-hydrogen) atoms. The van der Waals surface area contributed by atoms with Gasteiger partial charge in [0.1, 0.15) is 0 Å². The molecule has 116 valence electrons. The summed E-state index contributed by atoms with van der Waals surface area (Å²) in [6, 6.07) is 2.95. The zero-order chi connectivity index (χ0) is 15.6. The second-order valence-electron chi connectivity index (χ2n) is 5.28. The Morgan fingerprint density at radius 3 is 2.81 bits per heavy atom. The molecule has 7 heteroatoms. The molecule has 0 aromatic heterocycles. The lowest BCUT2D eigenvalue weighted by Crippen LogP contribution is -2.48. The van der Waals surface area contributed by atoms with E-state index in [2.05, 4.69) is 4.90 Å². The Morgan fingerprint density at radius 1 is 1.52 bits per heavy atom. The van der Waals surface area contributed by atoms with Gasteiger partial charge in [-0.15, -0.1) is 0 Å². The Labute approximate surface area is 128 Å². The highest BCUT2D eigenvalue weighted by Gasteiger charge is 2.28. The number of anilines is 1. The third-order valence-corrected chi connectivity index (χ3v) is 3.73. The van der Waals surface area contributed by atoms with Gasteiger partial charge in [-0.25, -0.2) is 0 Å². The molecule has 2 unspecified atom stereocenters. The summed E-state index contributed by atoms with van der Waals surface area (Å²) in [7, 11) is 1.64. The Balaban J connectivity index is 2.30. The maximum Gasteiger partial charge on any atom is 0.271 e. The second-order valence-corrected chi connectivity index (χ2v) is 5.69. The van der Waals surface area contributed by atoms with Crippen LogP contribution in [0.2, 0.25) is 5.02 Å². The van der Waals surface area contributed by atoms with E-state index >= 15 is 0 Å². The summed E-state index contributed by atoms with van der Waals surface area (Å²) in [5.74, 6) is 0. The minimum absolute atomic E-state index is 0.0102. The summed E-state index contributed by atoms with van der Waals surface area (Å²) in [6.07, 6.45) is 0.00830. The molecule has 0 N–H and O–H groups in total. The van der Waals surface area contributed by atoms with E-state index in [1.54, 1.807) is 13.2 Å². The number of hydrogen-bond acceptors (Lipinski definition) is 5. The van der Waals surface area contributed by atoms with Crippen LogP contribution >= 0.6 is 11.6 Å². The molecule has 0 bridgehead atoms. The van der Waals surface area contributed by atoms with Crippen LogP contribution in [0.3, 0.4) is 0 Å². The van der Waals surface area contributed by atoms with E-state index in [4.69, 9.17) is 21.1 Å². The fraction of sp³-hybridized carbons (Fsp3) is 0.571. The van der Waals surface area contributed by atoms with Crippen LogP contribution in [0.15, 0.2) is 12.1 Å². The van der Waals surface area contributed by atoms with Crippen LogP contribution in [-0.2, 0) is 9.47 Å². The monoisotopic (exact) mass is 314 g/mol. The highest BCUT2D eigenvalue weighted by Crippen LogP contribution is 2.35. The molecule has 1 aromatic carbocycles. The largest absolute Gasteiger partial charge is 0.382 e. The van der Waals surface area contributed by atoms with E-state index < -0.39 is 4.92 Å². The van der Waals surface area contributed by atoms with Gasteiger partial charge in [0.05, 0.1) is 34.4 Å². The number of hydrogen-bond donors (Lipinski definition) is 0. The average molecular weight is 315 g/mol. The van der Waals surface area contributed by atoms with Crippen molar-refractivity contribution in [1.82, 2.24) is 0 Å². The summed E-state index contributed by atoms with van der Waals surface area (Å²) in [6.45, 7) is 5.67. The first kappa shape index (κ1) is 16.0. The van der Waals surface area contributed by atoms with Gasteiger partial charge in [-0.2, -0.15) is 0 Å². The average Bonchev–Trinajstić information content (AvgIpc) is 2.37. The highest BCUT2D eigenvalue weighted by atomic mass is 35.5. The molecular formula is C14H19ClN2O4. The lowest BCUT2D eigenvalue weighted by atomic mass is 10.1. The molecule has 6 nitrogen and oxygen atoms in total. The molecule has 2 atom stereocenters. The first-order valence-electron chi connectivity index (χ1n) is 6.76. The highest BCUT2D eigenvalue weighted by molar-refractivity contribution is 6.33. The van der Waals surface area contributed by atoms with Crippen molar-refractivity contribution in [2.75, 3.05) is 31.7 Å². The Morgan fingerprint density at radius 2 is 2.24 bits per heavy atom. The molecule has 1 aliphatic heterocycles. The third-order valence-electron chi connectivity index (χ3n) is 3.44. The lowest BCUT2D eigenvalue weighted by Gasteiger charge is -2.39. The Kier molecular flexibility index (Phi) is 5.03. The number of ether oxygens (including phenoxy) is 2. The molecule has 0 aliphatic carbocycles. The second kappa shape index (κ2) is 6.60. The van der Waals surface area contributed by atoms with Crippen LogP contribution < -0.4 is 4.90 Å². The topological polar surface area (TPSA) is 64.8 Å². The van der Waals surface area contributed by atoms with Crippen LogP contribution in [0.25, 0.3) is 0 Å². The van der Waals surface area contributed by atoms with Gasteiger partial charge in [-0.1, -0.05) is 11.6 Å². The first-order valence-corrected chi connectivity index (χ1v) is 7.14. The smallest absolute Gasteiger partial charge is 0.271 e. The number of nitrogens with zero attached hydrogens (tertiary/aromatic N) is 2. The molecule has 0 amide bonds. The Bertz CT molecular complexity index is 515. The first-order chi connectivity index (χ1) is 9.92. The van der Waals surface area contributed by atoms with Crippen molar-refractivity contribution in [2.24, 2.45) is 0 Å². The van der Waals surface area contributed by atoms with E-state index in [-0.39, 0.29) is 17.9 Å². The number of halogens is 1. The van der Waals surface area contributed by atoms with Crippen molar-refractivity contribution in [3.8, 4) is 0 Å². The minimum Gasteiger partial charge on any atom is -0.382 e. The van der Waals surface area contributed by atoms with Gasteiger partial charge < -0.3 is 14.4 Å². The normalized spacial score (nSPS) is 22.4. The molecule has 0 radical (unpaired) electrons. The van der Waals surface area contributed by atoms with Crippen LogP contribution in [-0.4, -0.2) is 43.9 Å². The van der Waals surface area contributed by atoms with Gasteiger partial charge in [-0.3, -0.25) is 10.1 Å². The van der Waals surface area contributed by atoms with Crippen molar-refractivity contribution in [1.29, 1.82) is 0 Å². The van der Waals surface area contributed by atoms with Crippen molar-refractivity contribution >= 4 is 23.0 Å². The summed E-state index contributed by atoms with van der Waals surface area (Å²) in [5, 5.41) is 11.3. The Hall–Kier alpha value is -1.37. The molecular weight excluding hydrogens is 296 g/mol. The molecule has 1 heterocycles. The van der Waals surface area contributed by atoms with Crippen molar-refractivity contribution in [2.45, 2.75) is 26.1 Å². The SMILES string of the molecule is COCC1CN(c2c(C)cc([N+](=O)[O-])cc2Cl)CC(C)O1. The summed E-state index contributed by atoms with van der Waals surface area (Å²) in [5.41, 5.74) is 1.63. The molecule has 1 aliphatic rings. The van der Waals surface area contributed by atoms with Crippen molar-refractivity contribution in [3.05, 3.63) is 32.8 Å². The van der Waals surface area contributed by atoms with Crippen LogP contribution in [0.1, 0.15) is 12.5 Å². The van der Waals surface area contributed by atoms with E-state index in [9.17, 15) is 10.1 Å². The number of non-ortho nitro benzene ring substituents is 1. The number of aryl methyl sites for hydroxylation is 1. The van der Waals surface area contributed by atoms with Crippen molar-refractivity contribution < 1.29 is 14.4 Å². The molecule has 1 aromatic rings. The van der Waals surface area contributed by atoms with Gasteiger partial charge in [-0.05, 0) is 19.4 Å². The fourth-order valence-corrected chi connectivity index (χ4v) is 3.11. The van der Waals surface area contributed by atoms with Crippen LogP contribution in [0.4, 0.5) is 11.4 Å². The van der Waals surface area contributed by atoms with Gasteiger partial charge in [0.15, 0.2) is 0 Å². The predicted molar refractivity (Wildman–Crippen MR) is 81.3 cm³/mol. The van der Waals surface area contributed by atoms with Gasteiger partial charge >= 0.3 is 0 Å². The lowest BCUT2D eigenvalue weighted by molar-refractivity contribution is -0.384. The van der Waals surface area contributed by atoms with Gasteiger partial charge in [0.2, 0.25) is 0 Å². The summed E-state index contributed by atoms with van der Waals surface area (Å²) in [4.78, 5) is 12.6. The van der Waals surface area contributed by atoms with E-state index in [0.29, 0.717) is 24.7 Å². The van der Waals surface area contributed by atoms with Crippen LogP contribution in [0.5, 0.6) is 0 Å². The molecule has 0 spiro atoms. The number of benzene rings is 1. The quantitative estimate of drug-likeness (QED) is 0.631. The molecule has 0 saturated carbocycles. The number of methoxy groups -OCH3 is 1. The summed E-state index contributed by atoms with van der Waals surface area (Å²) < 4.78 is 11.0. The van der Waals surface area contributed by atoms with Crippen LogP contribution in [0, 0.1) is 17.0 Å².